The molecule has 4 aromatic rings. The SMILES string of the molecule is COc1cc(COc2ccc(S(=O)(=O)c3ccc(C)nc3Nc3c(C)cc(C)cc3C)cc2)cc(OC)c1. The van der Waals surface area contributed by atoms with E-state index in [0.717, 1.165) is 27.9 Å². The largest absolute Gasteiger partial charge is 0.497 e. The highest BCUT2D eigenvalue weighted by molar-refractivity contribution is 7.91. The van der Waals surface area contributed by atoms with Crippen molar-refractivity contribution in [2.75, 3.05) is 19.5 Å². The molecule has 1 N–H and O–H groups in total. The monoisotopic (exact) mass is 532 g/mol. The summed E-state index contributed by atoms with van der Waals surface area (Å²) in [5, 5.41) is 3.29. The molecule has 0 saturated carbocycles. The minimum absolute atomic E-state index is 0.111. The first kappa shape index (κ1) is 27.0. The van der Waals surface area contributed by atoms with Crippen LogP contribution in [-0.2, 0) is 16.4 Å². The predicted molar refractivity (Wildman–Crippen MR) is 149 cm³/mol. The number of benzene rings is 3. The zero-order valence-corrected chi connectivity index (χ0v) is 23.3. The molecule has 0 bridgehead atoms. The summed E-state index contributed by atoms with van der Waals surface area (Å²) < 4.78 is 43.8. The number of sulfone groups is 1. The van der Waals surface area contributed by atoms with E-state index in [9.17, 15) is 8.42 Å². The van der Waals surface area contributed by atoms with Crippen LogP contribution in [0.2, 0.25) is 0 Å². The van der Waals surface area contributed by atoms with E-state index in [2.05, 4.69) is 22.4 Å². The van der Waals surface area contributed by atoms with E-state index in [1.54, 1.807) is 56.7 Å². The van der Waals surface area contributed by atoms with Crippen molar-refractivity contribution in [1.29, 1.82) is 0 Å². The third-order valence-corrected chi connectivity index (χ3v) is 7.96. The molecular weight excluding hydrogens is 500 g/mol. The standard InChI is InChI=1S/C30H32N2O5S/c1-19-13-20(2)29(21(3)14-19)32-30-28(12-7-22(4)31-30)38(33,34)27-10-8-24(9-11-27)37-18-23-15-25(35-5)17-26(16-23)36-6/h7-17H,18H2,1-6H3,(H,31,32). The van der Waals surface area contributed by atoms with Gasteiger partial charge in [0.25, 0.3) is 0 Å². The van der Waals surface area contributed by atoms with Crippen molar-refractivity contribution in [3.8, 4) is 17.2 Å². The van der Waals surface area contributed by atoms with Crippen molar-refractivity contribution in [2.24, 2.45) is 0 Å². The van der Waals surface area contributed by atoms with Crippen molar-refractivity contribution >= 4 is 21.3 Å². The van der Waals surface area contributed by atoms with E-state index >= 15 is 0 Å². The van der Waals surface area contributed by atoms with Gasteiger partial charge in [-0.15, -0.1) is 0 Å². The number of pyridine rings is 1. The Hall–Kier alpha value is -4.04. The number of nitrogens with one attached hydrogen (secondary N) is 1. The molecule has 0 spiro atoms. The maximum absolute atomic E-state index is 13.7. The van der Waals surface area contributed by atoms with E-state index < -0.39 is 9.84 Å². The molecule has 0 aliphatic rings. The lowest BCUT2D eigenvalue weighted by Gasteiger charge is -2.17. The van der Waals surface area contributed by atoms with Gasteiger partial charge in [0.15, 0.2) is 0 Å². The van der Waals surface area contributed by atoms with Crippen molar-refractivity contribution in [3.05, 3.63) is 94.7 Å². The minimum Gasteiger partial charge on any atom is -0.497 e. The molecule has 0 saturated heterocycles. The number of nitrogens with zero attached hydrogens (tertiary/aromatic N) is 1. The first-order valence-corrected chi connectivity index (χ1v) is 13.6. The van der Waals surface area contributed by atoms with Gasteiger partial charge in [0, 0.05) is 17.4 Å². The van der Waals surface area contributed by atoms with Crippen LogP contribution in [0.25, 0.3) is 0 Å². The van der Waals surface area contributed by atoms with Gasteiger partial charge in [-0.1, -0.05) is 17.7 Å². The second kappa shape index (κ2) is 11.1. The maximum Gasteiger partial charge on any atom is 0.210 e. The summed E-state index contributed by atoms with van der Waals surface area (Å²) in [6.07, 6.45) is 0. The molecule has 3 aromatic carbocycles. The number of aromatic nitrogens is 1. The predicted octanol–water partition coefficient (Wildman–Crippen LogP) is 6.49. The number of hydrogen-bond acceptors (Lipinski definition) is 7. The molecule has 198 valence electrons. The van der Waals surface area contributed by atoms with Gasteiger partial charge in [0.05, 0.1) is 19.1 Å². The molecule has 0 radical (unpaired) electrons. The Morgan fingerprint density at radius 1 is 0.763 bits per heavy atom. The van der Waals surface area contributed by atoms with Crippen LogP contribution in [-0.4, -0.2) is 27.6 Å². The van der Waals surface area contributed by atoms with Gasteiger partial charge in [0.1, 0.15) is 34.6 Å². The number of aryl methyl sites for hydroxylation is 4. The van der Waals surface area contributed by atoms with Crippen LogP contribution in [0.5, 0.6) is 17.2 Å². The lowest BCUT2D eigenvalue weighted by atomic mass is 10.1. The average molecular weight is 533 g/mol. The van der Waals surface area contributed by atoms with Crippen molar-refractivity contribution < 1.29 is 22.6 Å². The van der Waals surface area contributed by atoms with Gasteiger partial charge in [-0.05, 0) is 92.9 Å². The third kappa shape index (κ3) is 5.92. The van der Waals surface area contributed by atoms with Gasteiger partial charge < -0.3 is 19.5 Å². The van der Waals surface area contributed by atoms with E-state index in [1.165, 1.54) is 0 Å². The Bertz CT molecular complexity index is 1520. The zero-order chi connectivity index (χ0) is 27.4. The second-order valence-electron chi connectivity index (χ2n) is 9.18. The van der Waals surface area contributed by atoms with Crippen molar-refractivity contribution in [1.82, 2.24) is 4.98 Å². The fourth-order valence-electron chi connectivity index (χ4n) is 4.30. The Morgan fingerprint density at radius 2 is 1.37 bits per heavy atom. The molecule has 4 rings (SSSR count). The Kier molecular flexibility index (Phi) is 7.92. The summed E-state index contributed by atoms with van der Waals surface area (Å²) in [6.45, 7) is 8.12. The zero-order valence-electron chi connectivity index (χ0n) is 22.5. The Morgan fingerprint density at radius 3 is 1.95 bits per heavy atom. The number of rotatable bonds is 9. The molecule has 0 aliphatic carbocycles. The molecule has 0 fully saturated rings. The average Bonchev–Trinajstić information content (AvgIpc) is 2.89. The fraction of sp³-hybridized carbons (Fsp3) is 0.233. The summed E-state index contributed by atoms with van der Waals surface area (Å²) in [5.41, 5.74) is 5.60. The molecule has 1 aromatic heterocycles. The molecule has 0 unspecified atom stereocenters. The second-order valence-corrected chi connectivity index (χ2v) is 11.1. The number of hydrogen-bond donors (Lipinski definition) is 1. The maximum atomic E-state index is 13.7. The van der Waals surface area contributed by atoms with Crippen molar-refractivity contribution in [2.45, 2.75) is 44.1 Å². The third-order valence-electron chi connectivity index (χ3n) is 6.16. The summed E-state index contributed by atoms with van der Waals surface area (Å²) in [4.78, 5) is 4.80. The lowest BCUT2D eigenvalue weighted by Crippen LogP contribution is -2.09. The molecule has 7 nitrogen and oxygen atoms in total. The molecule has 0 aliphatic heterocycles. The van der Waals surface area contributed by atoms with Crippen LogP contribution in [0.15, 0.2) is 76.5 Å². The van der Waals surface area contributed by atoms with E-state index in [0.29, 0.717) is 28.8 Å². The highest BCUT2D eigenvalue weighted by Gasteiger charge is 2.23. The Labute approximate surface area is 224 Å². The van der Waals surface area contributed by atoms with Crippen LogP contribution < -0.4 is 19.5 Å². The fourth-order valence-corrected chi connectivity index (χ4v) is 5.65. The first-order valence-electron chi connectivity index (χ1n) is 12.1. The highest BCUT2D eigenvalue weighted by atomic mass is 32.2. The Balaban J connectivity index is 1.58. The molecule has 1 heterocycles. The summed E-state index contributed by atoms with van der Waals surface area (Å²) >= 11 is 0. The topological polar surface area (TPSA) is 86.8 Å². The van der Waals surface area contributed by atoms with E-state index in [1.807, 2.05) is 39.8 Å². The number of ether oxygens (including phenoxy) is 3. The highest BCUT2D eigenvalue weighted by Crippen LogP contribution is 2.32. The van der Waals surface area contributed by atoms with Gasteiger partial charge in [0.2, 0.25) is 9.84 Å². The lowest BCUT2D eigenvalue weighted by molar-refractivity contribution is 0.303. The van der Waals surface area contributed by atoms with Crippen LogP contribution >= 0.6 is 0 Å². The summed E-state index contributed by atoms with van der Waals surface area (Å²) in [5.74, 6) is 2.16. The number of methoxy groups -OCH3 is 2. The van der Waals surface area contributed by atoms with Crippen molar-refractivity contribution in [3.63, 3.8) is 0 Å². The first-order chi connectivity index (χ1) is 18.1. The normalized spacial score (nSPS) is 11.2. The van der Waals surface area contributed by atoms with Crippen LogP contribution in [0.3, 0.4) is 0 Å². The molecule has 0 amide bonds. The summed E-state index contributed by atoms with van der Waals surface area (Å²) in [6, 6.07) is 19.3. The van der Waals surface area contributed by atoms with E-state index in [-0.39, 0.29) is 16.4 Å². The number of anilines is 2. The van der Waals surface area contributed by atoms with Crippen LogP contribution in [0.4, 0.5) is 11.5 Å². The smallest absolute Gasteiger partial charge is 0.210 e. The van der Waals surface area contributed by atoms with Crippen LogP contribution in [0.1, 0.15) is 27.9 Å². The van der Waals surface area contributed by atoms with Gasteiger partial charge in [-0.25, -0.2) is 13.4 Å². The molecule has 38 heavy (non-hydrogen) atoms. The van der Waals surface area contributed by atoms with Crippen LogP contribution in [0, 0.1) is 27.7 Å². The minimum atomic E-state index is -3.86. The quantitative estimate of drug-likeness (QED) is 0.264. The van der Waals surface area contributed by atoms with E-state index in [4.69, 9.17) is 14.2 Å². The van der Waals surface area contributed by atoms with Gasteiger partial charge in [-0.3, -0.25) is 0 Å². The molecule has 8 heteroatoms. The van der Waals surface area contributed by atoms with Gasteiger partial charge in [-0.2, -0.15) is 0 Å². The molecular formula is C30H32N2O5S. The van der Waals surface area contributed by atoms with Gasteiger partial charge >= 0.3 is 0 Å². The summed E-state index contributed by atoms with van der Waals surface area (Å²) in [7, 11) is -0.677. The molecule has 0 atom stereocenters.